The molecule has 1 saturated heterocycles. The molecule has 1 heterocycles. The number of methoxy groups -OCH3 is 3. The average Bonchev–Trinajstić information content (AvgIpc) is 3.55. The van der Waals surface area contributed by atoms with E-state index < -0.39 is 21.8 Å². The minimum atomic E-state index is -3.71. The first-order valence-corrected chi connectivity index (χ1v) is 12.3. The maximum Gasteiger partial charge on any atom is 0.240 e. The van der Waals surface area contributed by atoms with Gasteiger partial charge < -0.3 is 24.4 Å². The fraction of sp³-hybridized carbons (Fsp3) is 0.391. The van der Waals surface area contributed by atoms with Crippen LogP contribution in [0.2, 0.25) is 0 Å². The van der Waals surface area contributed by atoms with Crippen LogP contribution in [0.1, 0.15) is 19.3 Å². The number of carbonyl (C=O) groups excluding carboxylic acids is 2. The smallest absolute Gasteiger partial charge is 0.240 e. The summed E-state index contributed by atoms with van der Waals surface area (Å²) < 4.78 is 43.6. The first-order chi connectivity index (χ1) is 16.2. The van der Waals surface area contributed by atoms with Crippen molar-refractivity contribution in [1.82, 2.24) is 4.72 Å². The zero-order valence-electron chi connectivity index (χ0n) is 19.2. The number of amides is 2. The van der Waals surface area contributed by atoms with Gasteiger partial charge in [0.1, 0.15) is 5.75 Å². The molecular formula is C23H27N3O7S. The zero-order chi connectivity index (χ0) is 24.5. The average molecular weight is 490 g/mol. The highest BCUT2D eigenvalue weighted by atomic mass is 32.2. The minimum absolute atomic E-state index is 0.0176. The van der Waals surface area contributed by atoms with Gasteiger partial charge in [0, 0.05) is 30.8 Å². The lowest BCUT2D eigenvalue weighted by molar-refractivity contribution is -0.122. The van der Waals surface area contributed by atoms with Crippen LogP contribution in [0.25, 0.3) is 0 Å². The molecule has 1 aliphatic heterocycles. The minimum Gasteiger partial charge on any atom is -0.495 e. The molecule has 34 heavy (non-hydrogen) atoms. The molecular weight excluding hydrogens is 462 g/mol. The molecule has 1 unspecified atom stereocenters. The van der Waals surface area contributed by atoms with E-state index in [9.17, 15) is 18.0 Å². The summed E-state index contributed by atoms with van der Waals surface area (Å²) in [5.74, 6) is 0.0899. The molecule has 0 radical (unpaired) electrons. The van der Waals surface area contributed by atoms with Gasteiger partial charge in [-0.2, -0.15) is 0 Å². The number of anilines is 2. The van der Waals surface area contributed by atoms with Gasteiger partial charge in [0.15, 0.2) is 11.5 Å². The van der Waals surface area contributed by atoms with Crippen LogP contribution in [-0.2, 0) is 19.6 Å². The summed E-state index contributed by atoms with van der Waals surface area (Å²) >= 11 is 0. The SMILES string of the molecule is COc1ccc(S(=O)(=O)NC2CC2)cc1NC(=O)C1CC(=O)N(c2ccc(OC)c(OC)c2)C1. The summed E-state index contributed by atoms with van der Waals surface area (Å²) in [6.45, 7) is 0.170. The first-order valence-electron chi connectivity index (χ1n) is 10.8. The van der Waals surface area contributed by atoms with Crippen molar-refractivity contribution in [2.24, 2.45) is 5.92 Å². The molecule has 4 rings (SSSR count). The molecule has 1 aliphatic carbocycles. The quantitative estimate of drug-likeness (QED) is 0.553. The highest BCUT2D eigenvalue weighted by molar-refractivity contribution is 7.89. The number of benzene rings is 2. The summed E-state index contributed by atoms with van der Waals surface area (Å²) in [7, 11) is 0.752. The monoisotopic (exact) mass is 489 g/mol. The Morgan fingerprint density at radius 1 is 0.971 bits per heavy atom. The van der Waals surface area contributed by atoms with E-state index in [2.05, 4.69) is 10.0 Å². The van der Waals surface area contributed by atoms with Crippen LogP contribution in [0.3, 0.4) is 0 Å². The van der Waals surface area contributed by atoms with Crippen molar-refractivity contribution in [3.63, 3.8) is 0 Å². The number of ether oxygens (including phenoxy) is 3. The van der Waals surface area contributed by atoms with E-state index in [0.29, 0.717) is 22.9 Å². The second-order valence-electron chi connectivity index (χ2n) is 8.19. The van der Waals surface area contributed by atoms with E-state index in [0.717, 1.165) is 12.8 Å². The van der Waals surface area contributed by atoms with E-state index in [-0.39, 0.29) is 35.5 Å². The van der Waals surface area contributed by atoms with Crippen molar-refractivity contribution in [3.05, 3.63) is 36.4 Å². The highest BCUT2D eigenvalue weighted by Gasteiger charge is 2.36. The van der Waals surface area contributed by atoms with Crippen LogP contribution in [0.4, 0.5) is 11.4 Å². The highest BCUT2D eigenvalue weighted by Crippen LogP contribution is 2.35. The molecule has 1 saturated carbocycles. The molecule has 2 amide bonds. The van der Waals surface area contributed by atoms with Gasteiger partial charge >= 0.3 is 0 Å². The van der Waals surface area contributed by atoms with E-state index in [1.54, 1.807) is 18.2 Å². The van der Waals surface area contributed by atoms with Crippen molar-refractivity contribution in [1.29, 1.82) is 0 Å². The van der Waals surface area contributed by atoms with E-state index in [1.165, 1.54) is 44.4 Å². The summed E-state index contributed by atoms with van der Waals surface area (Å²) in [5, 5.41) is 2.74. The van der Waals surface area contributed by atoms with E-state index in [4.69, 9.17) is 14.2 Å². The Hall–Kier alpha value is -3.31. The summed E-state index contributed by atoms with van der Waals surface area (Å²) in [6, 6.07) is 9.35. The Kier molecular flexibility index (Phi) is 6.67. The molecule has 2 N–H and O–H groups in total. The van der Waals surface area contributed by atoms with Crippen molar-refractivity contribution in [2.45, 2.75) is 30.2 Å². The lowest BCUT2D eigenvalue weighted by atomic mass is 10.1. The largest absolute Gasteiger partial charge is 0.495 e. The molecule has 1 atom stereocenters. The van der Waals surface area contributed by atoms with E-state index >= 15 is 0 Å². The van der Waals surface area contributed by atoms with Crippen molar-refractivity contribution >= 4 is 33.2 Å². The third-order valence-corrected chi connectivity index (χ3v) is 7.33. The number of hydrogen-bond donors (Lipinski definition) is 2. The van der Waals surface area contributed by atoms with Gasteiger partial charge in [-0.3, -0.25) is 9.59 Å². The third kappa shape index (κ3) is 4.95. The van der Waals surface area contributed by atoms with Gasteiger partial charge in [-0.05, 0) is 43.2 Å². The predicted molar refractivity (Wildman–Crippen MR) is 125 cm³/mol. The molecule has 2 aromatic carbocycles. The summed E-state index contributed by atoms with van der Waals surface area (Å²) in [5.41, 5.74) is 0.818. The number of sulfonamides is 1. The topological polar surface area (TPSA) is 123 Å². The fourth-order valence-corrected chi connectivity index (χ4v) is 5.13. The Bertz CT molecular complexity index is 1210. The molecule has 2 aromatic rings. The van der Waals surface area contributed by atoms with Crippen LogP contribution in [0, 0.1) is 5.92 Å². The lowest BCUT2D eigenvalue weighted by Crippen LogP contribution is -2.28. The van der Waals surface area contributed by atoms with E-state index in [1.807, 2.05) is 0 Å². The summed E-state index contributed by atoms with van der Waals surface area (Å²) in [4.78, 5) is 27.2. The van der Waals surface area contributed by atoms with Crippen LogP contribution in [0.15, 0.2) is 41.3 Å². The van der Waals surface area contributed by atoms with Gasteiger partial charge in [0.25, 0.3) is 0 Å². The number of hydrogen-bond acceptors (Lipinski definition) is 7. The first kappa shape index (κ1) is 23.8. The number of nitrogens with one attached hydrogen (secondary N) is 2. The van der Waals surface area contributed by atoms with Crippen LogP contribution in [0.5, 0.6) is 17.2 Å². The van der Waals surface area contributed by atoms with Crippen molar-refractivity contribution in [2.75, 3.05) is 38.1 Å². The summed E-state index contributed by atoms with van der Waals surface area (Å²) in [6.07, 6.45) is 1.64. The number of rotatable bonds is 9. The van der Waals surface area contributed by atoms with Crippen molar-refractivity contribution in [3.8, 4) is 17.2 Å². The second kappa shape index (κ2) is 9.51. The lowest BCUT2D eigenvalue weighted by Gasteiger charge is -2.19. The van der Waals surface area contributed by atoms with Crippen molar-refractivity contribution < 1.29 is 32.2 Å². The molecule has 2 aliphatic rings. The maximum atomic E-state index is 13.0. The number of nitrogens with zero attached hydrogens (tertiary/aromatic N) is 1. The van der Waals surface area contributed by atoms with Crippen LogP contribution in [-0.4, -0.2) is 54.1 Å². The molecule has 0 bridgehead atoms. The number of carbonyl (C=O) groups is 2. The second-order valence-corrected chi connectivity index (χ2v) is 9.91. The molecule has 10 nitrogen and oxygen atoms in total. The standard InChI is InChI=1S/C23H27N3O7S/c1-31-19-9-7-17(34(29,30)25-15-4-5-15)12-18(19)24-23(28)14-10-22(27)26(13-14)16-6-8-20(32-2)21(11-16)33-3/h6-9,11-12,14-15,25H,4-5,10,13H2,1-3H3,(H,24,28). The molecule has 11 heteroatoms. The van der Waals surface area contributed by atoms with Gasteiger partial charge in [-0.25, -0.2) is 13.1 Å². The maximum absolute atomic E-state index is 13.0. The third-order valence-electron chi connectivity index (χ3n) is 5.81. The Morgan fingerprint density at radius 2 is 1.65 bits per heavy atom. The Labute approximate surface area is 198 Å². The van der Waals surface area contributed by atoms with Crippen LogP contribution >= 0.6 is 0 Å². The molecule has 2 fully saturated rings. The Morgan fingerprint density at radius 3 is 2.29 bits per heavy atom. The normalized spacial score (nSPS) is 18.0. The fourth-order valence-electron chi connectivity index (χ4n) is 3.80. The zero-order valence-corrected chi connectivity index (χ0v) is 20.0. The predicted octanol–water partition coefficient (Wildman–Crippen LogP) is 2.14. The van der Waals surface area contributed by atoms with Crippen LogP contribution < -0.4 is 29.1 Å². The molecule has 0 aromatic heterocycles. The van der Waals surface area contributed by atoms with Gasteiger partial charge in [0.2, 0.25) is 21.8 Å². The van der Waals surface area contributed by atoms with Gasteiger partial charge in [-0.1, -0.05) is 0 Å². The Balaban J connectivity index is 1.51. The van der Waals surface area contributed by atoms with Gasteiger partial charge in [0.05, 0.1) is 37.8 Å². The molecule has 182 valence electrons. The van der Waals surface area contributed by atoms with Gasteiger partial charge in [-0.15, -0.1) is 0 Å². The molecule has 0 spiro atoms.